The maximum Gasteiger partial charge on any atom is 0.0277 e. The Hall–Kier alpha value is -0.120. The van der Waals surface area contributed by atoms with Gasteiger partial charge in [-0.2, -0.15) is 0 Å². The molecule has 112 valence electrons. The van der Waals surface area contributed by atoms with Crippen LogP contribution in [0.25, 0.3) is 0 Å². The van der Waals surface area contributed by atoms with E-state index in [9.17, 15) is 0 Å². The first-order valence-corrected chi connectivity index (χ1v) is 8.13. The van der Waals surface area contributed by atoms with Gasteiger partial charge in [-0.15, -0.1) is 0 Å². The summed E-state index contributed by atoms with van der Waals surface area (Å²) in [4.78, 5) is 5.17. The molecule has 0 spiro atoms. The van der Waals surface area contributed by atoms with E-state index < -0.39 is 0 Å². The van der Waals surface area contributed by atoms with Crippen molar-refractivity contribution in [1.29, 1.82) is 0 Å². The third-order valence-corrected chi connectivity index (χ3v) is 5.44. The van der Waals surface area contributed by atoms with Crippen LogP contribution >= 0.6 is 0 Å². The molecule has 2 atom stereocenters. The molecule has 19 heavy (non-hydrogen) atoms. The molecule has 2 aliphatic rings. The Labute approximate surface area is 119 Å². The summed E-state index contributed by atoms with van der Waals surface area (Å²) in [6.45, 7) is 14.6. The van der Waals surface area contributed by atoms with Crippen LogP contribution in [0.5, 0.6) is 0 Å². The molecular formula is C16H33N3. The molecule has 0 radical (unpaired) electrons. The highest BCUT2D eigenvalue weighted by atomic mass is 15.3. The van der Waals surface area contributed by atoms with Gasteiger partial charge >= 0.3 is 0 Å². The lowest BCUT2D eigenvalue weighted by Gasteiger charge is -2.45. The molecule has 0 saturated carbocycles. The highest BCUT2D eigenvalue weighted by Crippen LogP contribution is 2.24. The second-order valence-electron chi connectivity index (χ2n) is 7.38. The topological polar surface area (TPSA) is 18.5 Å². The zero-order valence-corrected chi connectivity index (χ0v) is 13.4. The Kier molecular flexibility index (Phi) is 5.27. The minimum atomic E-state index is 0.341. The minimum Gasteiger partial charge on any atom is -0.316 e. The first kappa shape index (κ1) is 15.3. The van der Waals surface area contributed by atoms with E-state index in [1.165, 1.54) is 58.5 Å². The number of hydrogen-bond donors (Lipinski definition) is 1. The smallest absolute Gasteiger partial charge is 0.0277 e. The van der Waals surface area contributed by atoms with Crippen molar-refractivity contribution in [1.82, 2.24) is 15.1 Å². The molecule has 0 aromatic carbocycles. The van der Waals surface area contributed by atoms with E-state index in [-0.39, 0.29) is 0 Å². The maximum absolute atomic E-state index is 3.55. The number of piperidine rings is 1. The van der Waals surface area contributed by atoms with Crippen molar-refractivity contribution < 1.29 is 0 Å². The minimum absolute atomic E-state index is 0.341. The van der Waals surface area contributed by atoms with Gasteiger partial charge in [-0.3, -0.25) is 4.90 Å². The van der Waals surface area contributed by atoms with E-state index in [1.807, 2.05) is 0 Å². The predicted octanol–water partition coefficient (Wildman–Crippen LogP) is 2.04. The Morgan fingerprint density at radius 1 is 1.32 bits per heavy atom. The molecule has 0 bridgehead atoms. The number of piperazine rings is 1. The zero-order chi connectivity index (χ0) is 13.9. The SMILES string of the molecule is CC(CCN1CCN(C)C(C)(C)C1)C1CCCNC1. The Bertz CT molecular complexity index is 271. The van der Waals surface area contributed by atoms with Crippen LogP contribution in [0.3, 0.4) is 0 Å². The molecule has 2 fully saturated rings. The third kappa shape index (κ3) is 4.17. The lowest BCUT2D eigenvalue weighted by molar-refractivity contribution is 0.0359. The molecule has 1 N–H and O–H groups in total. The summed E-state index contributed by atoms with van der Waals surface area (Å²) in [7, 11) is 2.26. The molecule has 2 saturated heterocycles. The van der Waals surface area contributed by atoms with E-state index in [1.54, 1.807) is 0 Å². The number of nitrogens with one attached hydrogen (secondary N) is 1. The van der Waals surface area contributed by atoms with Crippen LogP contribution in [0.2, 0.25) is 0 Å². The Morgan fingerprint density at radius 3 is 2.74 bits per heavy atom. The molecule has 3 heteroatoms. The van der Waals surface area contributed by atoms with Gasteiger partial charge in [-0.1, -0.05) is 6.92 Å². The summed E-state index contributed by atoms with van der Waals surface area (Å²) in [5.74, 6) is 1.78. The van der Waals surface area contributed by atoms with Gasteiger partial charge in [0.05, 0.1) is 0 Å². The molecule has 2 heterocycles. The third-order valence-electron chi connectivity index (χ3n) is 5.44. The average Bonchev–Trinajstić information content (AvgIpc) is 2.40. The van der Waals surface area contributed by atoms with Crippen LogP contribution in [-0.4, -0.2) is 61.7 Å². The van der Waals surface area contributed by atoms with Gasteiger partial charge in [0.2, 0.25) is 0 Å². The quantitative estimate of drug-likeness (QED) is 0.841. The fourth-order valence-corrected chi connectivity index (χ4v) is 3.52. The standard InChI is InChI=1S/C16H33N3/c1-14(15-6-5-8-17-12-15)7-9-19-11-10-18(4)16(2,3)13-19/h14-15,17H,5-13H2,1-4H3. The largest absolute Gasteiger partial charge is 0.316 e. The lowest BCUT2D eigenvalue weighted by atomic mass is 9.85. The molecule has 2 aliphatic heterocycles. The summed E-state index contributed by atoms with van der Waals surface area (Å²) in [5, 5.41) is 3.55. The fraction of sp³-hybridized carbons (Fsp3) is 1.00. The molecule has 2 rings (SSSR count). The maximum atomic E-state index is 3.55. The lowest BCUT2D eigenvalue weighted by Crippen LogP contribution is -2.57. The Balaban J connectivity index is 1.73. The van der Waals surface area contributed by atoms with Gasteiger partial charge in [-0.05, 0) is 71.6 Å². The number of rotatable bonds is 4. The van der Waals surface area contributed by atoms with Gasteiger partial charge in [0.1, 0.15) is 0 Å². The second-order valence-corrected chi connectivity index (χ2v) is 7.38. The number of nitrogens with zero attached hydrogens (tertiary/aromatic N) is 2. The van der Waals surface area contributed by atoms with E-state index in [0.29, 0.717) is 5.54 Å². The van der Waals surface area contributed by atoms with Crippen LogP contribution in [0, 0.1) is 11.8 Å². The highest BCUT2D eigenvalue weighted by molar-refractivity contribution is 4.88. The number of hydrogen-bond acceptors (Lipinski definition) is 3. The molecule has 0 aromatic rings. The van der Waals surface area contributed by atoms with E-state index in [0.717, 1.165) is 11.8 Å². The van der Waals surface area contributed by atoms with Crippen LogP contribution in [0.4, 0.5) is 0 Å². The first-order chi connectivity index (χ1) is 8.99. The van der Waals surface area contributed by atoms with Crippen LogP contribution in [0.1, 0.15) is 40.0 Å². The molecule has 2 unspecified atom stereocenters. The van der Waals surface area contributed by atoms with E-state index >= 15 is 0 Å². The summed E-state index contributed by atoms with van der Waals surface area (Å²) >= 11 is 0. The molecule has 0 aliphatic carbocycles. The van der Waals surface area contributed by atoms with Crippen LogP contribution in [0.15, 0.2) is 0 Å². The van der Waals surface area contributed by atoms with Crippen molar-refractivity contribution in [3.63, 3.8) is 0 Å². The van der Waals surface area contributed by atoms with Crippen molar-refractivity contribution >= 4 is 0 Å². The van der Waals surface area contributed by atoms with Crippen molar-refractivity contribution in [2.45, 2.75) is 45.6 Å². The van der Waals surface area contributed by atoms with E-state index in [4.69, 9.17) is 0 Å². The molecule has 0 aromatic heterocycles. The summed E-state index contributed by atoms with van der Waals surface area (Å²) in [6.07, 6.45) is 4.17. The van der Waals surface area contributed by atoms with Gasteiger partial charge in [0, 0.05) is 25.2 Å². The fourth-order valence-electron chi connectivity index (χ4n) is 3.52. The summed E-state index contributed by atoms with van der Waals surface area (Å²) < 4.78 is 0. The monoisotopic (exact) mass is 267 g/mol. The van der Waals surface area contributed by atoms with E-state index in [2.05, 4.69) is 42.9 Å². The first-order valence-electron chi connectivity index (χ1n) is 8.13. The van der Waals surface area contributed by atoms with Crippen molar-refractivity contribution in [2.24, 2.45) is 11.8 Å². The van der Waals surface area contributed by atoms with Gasteiger partial charge < -0.3 is 10.2 Å². The van der Waals surface area contributed by atoms with Crippen molar-refractivity contribution in [3.8, 4) is 0 Å². The number of likely N-dealkylation sites (N-methyl/N-ethyl adjacent to an activating group) is 1. The normalized spacial score (nSPS) is 31.3. The van der Waals surface area contributed by atoms with Crippen molar-refractivity contribution in [3.05, 3.63) is 0 Å². The van der Waals surface area contributed by atoms with Crippen LogP contribution in [-0.2, 0) is 0 Å². The molecule has 0 amide bonds. The van der Waals surface area contributed by atoms with Crippen molar-refractivity contribution in [2.75, 3.05) is 46.3 Å². The van der Waals surface area contributed by atoms with Crippen LogP contribution < -0.4 is 5.32 Å². The Morgan fingerprint density at radius 2 is 2.11 bits per heavy atom. The second kappa shape index (κ2) is 6.55. The predicted molar refractivity (Wildman–Crippen MR) is 82.5 cm³/mol. The van der Waals surface area contributed by atoms with Gasteiger partial charge in [-0.25, -0.2) is 0 Å². The zero-order valence-electron chi connectivity index (χ0n) is 13.4. The molecule has 3 nitrogen and oxygen atoms in total. The summed E-state index contributed by atoms with van der Waals surface area (Å²) in [6, 6.07) is 0. The molecular weight excluding hydrogens is 234 g/mol. The average molecular weight is 267 g/mol. The van der Waals surface area contributed by atoms with Gasteiger partial charge in [0.25, 0.3) is 0 Å². The highest BCUT2D eigenvalue weighted by Gasteiger charge is 2.31. The van der Waals surface area contributed by atoms with Gasteiger partial charge in [0.15, 0.2) is 0 Å². The summed E-state index contributed by atoms with van der Waals surface area (Å²) in [5.41, 5.74) is 0.341.